The molecule has 0 saturated carbocycles. The van der Waals surface area contributed by atoms with Crippen molar-refractivity contribution in [2.24, 2.45) is 0 Å². The number of aliphatic hydroxyl groups excluding tert-OH is 1. The fraction of sp³-hybridized carbons (Fsp3) is 0.350. The molecule has 2 aliphatic heterocycles. The zero-order valence-electron chi connectivity index (χ0n) is 14.8. The van der Waals surface area contributed by atoms with Crippen LogP contribution in [-0.4, -0.2) is 58.5 Å². The monoisotopic (exact) mass is 384 g/mol. The molecule has 5 rings (SSSR count). The van der Waals surface area contributed by atoms with Gasteiger partial charge in [0.05, 0.1) is 0 Å². The van der Waals surface area contributed by atoms with Gasteiger partial charge in [-0.3, -0.25) is 4.90 Å². The maximum absolute atomic E-state index is 10.8. The zero-order valence-corrected chi connectivity index (χ0v) is 15.5. The van der Waals surface area contributed by atoms with E-state index in [-0.39, 0.29) is 6.10 Å². The molecule has 140 valence electrons. The maximum Gasteiger partial charge on any atom is 0.145 e. The Balaban J connectivity index is 1.52. The highest BCUT2D eigenvalue weighted by atomic mass is 35.5. The van der Waals surface area contributed by atoms with Gasteiger partial charge in [-0.2, -0.15) is 0 Å². The van der Waals surface area contributed by atoms with Crippen LogP contribution in [0.2, 0.25) is 5.02 Å². The summed E-state index contributed by atoms with van der Waals surface area (Å²) in [6.45, 7) is 3.41. The minimum Gasteiger partial charge on any atom is -0.485 e. The second-order valence-corrected chi connectivity index (χ2v) is 7.54. The van der Waals surface area contributed by atoms with Gasteiger partial charge in [0.25, 0.3) is 0 Å². The topological polar surface area (TPSA) is 73.4 Å². The van der Waals surface area contributed by atoms with E-state index in [2.05, 4.69) is 20.2 Å². The van der Waals surface area contributed by atoms with Crippen molar-refractivity contribution in [3.05, 3.63) is 47.2 Å². The lowest BCUT2D eigenvalue weighted by Crippen LogP contribution is -2.53. The number of H-pyrrole nitrogens is 1. The predicted octanol–water partition coefficient (Wildman–Crippen LogP) is 2.41. The van der Waals surface area contributed by atoms with Gasteiger partial charge in [0.15, 0.2) is 0 Å². The lowest BCUT2D eigenvalue weighted by Gasteiger charge is -2.34. The first-order valence-electron chi connectivity index (χ1n) is 9.25. The number of halogens is 1. The molecule has 1 fully saturated rings. The molecule has 2 atom stereocenters. The number of pyridine rings is 1. The highest BCUT2D eigenvalue weighted by molar-refractivity contribution is 6.31. The number of aromatic amines is 1. The van der Waals surface area contributed by atoms with Gasteiger partial charge < -0.3 is 20.1 Å². The van der Waals surface area contributed by atoms with Crippen LogP contribution >= 0.6 is 11.6 Å². The SMILES string of the molecule is O[C@H](C1Cc2cc(Cl)cc(-c3ccnc4[nH]ccc34)c2O1)N1CCNCC1. The Hall–Kier alpha value is -2.12. The molecule has 3 N–H and O–H groups in total. The summed E-state index contributed by atoms with van der Waals surface area (Å²) in [5.74, 6) is 0.812. The smallest absolute Gasteiger partial charge is 0.145 e. The van der Waals surface area contributed by atoms with E-state index in [4.69, 9.17) is 16.3 Å². The number of benzene rings is 1. The van der Waals surface area contributed by atoms with Gasteiger partial charge in [-0.15, -0.1) is 0 Å². The molecule has 1 saturated heterocycles. The van der Waals surface area contributed by atoms with Gasteiger partial charge in [-0.25, -0.2) is 4.98 Å². The summed E-state index contributed by atoms with van der Waals surface area (Å²) in [6.07, 6.45) is 3.39. The van der Waals surface area contributed by atoms with E-state index in [1.807, 2.05) is 30.5 Å². The number of hydrogen-bond donors (Lipinski definition) is 3. The molecule has 6 nitrogen and oxygen atoms in total. The van der Waals surface area contributed by atoms with E-state index >= 15 is 0 Å². The normalized spacial score (nSPS) is 21.2. The van der Waals surface area contributed by atoms with Crippen molar-refractivity contribution in [2.75, 3.05) is 26.2 Å². The van der Waals surface area contributed by atoms with Crippen molar-refractivity contribution in [2.45, 2.75) is 18.8 Å². The standard InChI is InChI=1S/C20H21ClN4O2/c21-13-9-12-10-17(20(26)25-7-5-22-6-8-25)27-18(12)16(11-13)14-1-3-23-19-15(14)2-4-24-19/h1-4,9,11,17,20,22,26H,5-8,10H2,(H,23,24)/t17?,20-/m1/s1. The summed E-state index contributed by atoms with van der Waals surface area (Å²) in [6, 6.07) is 7.86. The van der Waals surface area contributed by atoms with Crippen LogP contribution in [0.1, 0.15) is 5.56 Å². The van der Waals surface area contributed by atoms with Crippen LogP contribution in [-0.2, 0) is 6.42 Å². The van der Waals surface area contributed by atoms with Gasteiger partial charge in [0.2, 0.25) is 0 Å². The number of aromatic nitrogens is 2. The number of nitrogens with zero attached hydrogens (tertiary/aromatic N) is 2. The Morgan fingerprint density at radius 2 is 2.07 bits per heavy atom. The molecule has 0 amide bonds. The molecule has 0 spiro atoms. The highest BCUT2D eigenvalue weighted by Gasteiger charge is 2.35. The largest absolute Gasteiger partial charge is 0.485 e. The van der Waals surface area contributed by atoms with Crippen molar-refractivity contribution < 1.29 is 9.84 Å². The quantitative estimate of drug-likeness (QED) is 0.646. The summed E-state index contributed by atoms with van der Waals surface area (Å²) in [5, 5.41) is 15.8. The number of hydrogen-bond acceptors (Lipinski definition) is 5. The molecule has 0 radical (unpaired) electrons. The number of nitrogens with one attached hydrogen (secondary N) is 2. The Kier molecular flexibility index (Phi) is 4.28. The van der Waals surface area contributed by atoms with Crippen molar-refractivity contribution in [1.82, 2.24) is 20.2 Å². The second-order valence-electron chi connectivity index (χ2n) is 7.10. The third kappa shape index (κ3) is 2.99. The molecule has 7 heteroatoms. The minimum atomic E-state index is -0.629. The number of fused-ring (bicyclic) bond motifs is 2. The van der Waals surface area contributed by atoms with Gasteiger partial charge in [-0.1, -0.05) is 11.6 Å². The average molecular weight is 385 g/mol. The second kappa shape index (κ2) is 6.80. The fourth-order valence-corrected chi connectivity index (χ4v) is 4.34. The van der Waals surface area contributed by atoms with Gasteiger partial charge >= 0.3 is 0 Å². The molecular formula is C20H21ClN4O2. The number of piperazine rings is 1. The molecule has 1 aromatic carbocycles. The van der Waals surface area contributed by atoms with Gasteiger partial charge in [0.1, 0.15) is 23.7 Å². The average Bonchev–Trinajstić information content (AvgIpc) is 3.34. The van der Waals surface area contributed by atoms with Crippen molar-refractivity contribution >= 4 is 22.6 Å². The van der Waals surface area contributed by atoms with Gasteiger partial charge in [0, 0.05) is 66.5 Å². The maximum atomic E-state index is 10.8. The lowest BCUT2D eigenvalue weighted by atomic mass is 9.99. The highest BCUT2D eigenvalue weighted by Crippen LogP contribution is 2.43. The molecule has 4 heterocycles. The van der Waals surface area contributed by atoms with Crippen LogP contribution < -0.4 is 10.1 Å². The van der Waals surface area contributed by atoms with E-state index in [0.717, 1.165) is 59.7 Å². The van der Waals surface area contributed by atoms with Crippen LogP contribution in [0.3, 0.4) is 0 Å². The first-order valence-corrected chi connectivity index (χ1v) is 9.63. The van der Waals surface area contributed by atoms with E-state index in [9.17, 15) is 5.11 Å². The number of ether oxygens (including phenoxy) is 1. The van der Waals surface area contributed by atoms with Crippen molar-refractivity contribution in [3.63, 3.8) is 0 Å². The predicted molar refractivity (Wildman–Crippen MR) is 105 cm³/mol. The Morgan fingerprint density at radius 1 is 1.22 bits per heavy atom. The zero-order chi connectivity index (χ0) is 18.4. The molecule has 0 aliphatic carbocycles. The molecular weight excluding hydrogens is 364 g/mol. The molecule has 27 heavy (non-hydrogen) atoms. The Labute approximate surface area is 162 Å². The molecule has 3 aromatic rings. The molecule has 1 unspecified atom stereocenters. The van der Waals surface area contributed by atoms with E-state index in [1.54, 1.807) is 6.20 Å². The van der Waals surface area contributed by atoms with Crippen LogP contribution in [0, 0.1) is 0 Å². The first-order chi connectivity index (χ1) is 13.2. The van der Waals surface area contributed by atoms with Crippen LogP contribution in [0.4, 0.5) is 0 Å². The number of rotatable bonds is 3. The summed E-state index contributed by atoms with van der Waals surface area (Å²) in [5.41, 5.74) is 3.84. The fourth-order valence-electron chi connectivity index (χ4n) is 4.09. The van der Waals surface area contributed by atoms with Crippen LogP contribution in [0.5, 0.6) is 5.75 Å². The van der Waals surface area contributed by atoms with Crippen LogP contribution in [0.15, 0.2) is 36.7 Å². The minimum absolute atomic E-state index is 0.293. The van der Waals surface area contributed by atoms with Crippen LogP contribution in [0.25, 0.3) is 22.2 Å². The van der Waals surface area contributed by atoms with E-state index < -0.39 is 6.23 Å². The molecule has 2 aliphatic rings. The first kappa shape index (κ1) is 17.0. The summed E-state index contributed by atoms with van der Waals surface area (Å²) >= 11 is 6.42. The van der Waals surface area contributed by atoms with Crippen molar-refractivity contribution in [1.29, 1.82) is 0 Å². The third-order valence-electron chi connectivity index (χ3n) is 5.43. The summed E-state index contributed by atoms with van der Waals surface area (Å²) in [4.78, 5) is 9.58. The Morgan fingerprint density at radius 3 is 2.93 bits per heavy atom. The van der Waals surface area contributed by atoms with Gasteiger partial charge in [-0.05, 0) is 29.8 Å². The van der Waals surface area contributed by atoms with Crippen molar-refractivity contribution in [3.8, 4) is 16.9 Å². The van der Waals surface area contributed by atoms with E-state index in [0.29, 0.717) is 11.4 Å². The molecule has 0 bridgehead atoms. The Bertz CT molecular complexity index is 983. The number of aliphatic hydroxyl groups is 1. The lowest BCUT2D eigenvalue weighted by molar-refractivity contribution is -0.0692. The summed E-state index contributed by atoms with van der Waals surface area (Å²) in [7, 11) is 0. The van der Waals surface area contributed by atoms with E-state index in [1.165, 1.54) is 0 Å². The summed E-state index contributed by atoms with van der Waals surface area (Å²) < 4.78 is 6.29. The molecule has 2 aromatic heterocycles. The third-order valence-corrected chi connectivity index (χ3v) is 5.65.